The standard InChI is InChI=1S/C27H50O7S.Na.H/c1-2-3-4-5-6-7-8-9-10-11-12-13-14-15-16-17-18-19-23-33-26(28)21-22-27(29)34-24-20-25-35(30,31)32;;/h21-22H,2-20,23-25H2,1H3,(H,30,31,32);;/q;+1;-1/b22-21-;;. The Bertz CT molecular complexity index is 657. The summed E-state index contributed by atoms with van der Waals surface area (Å²) in [4.78, 5) is 23.0. The SMILES string of the molecule is CCCCCCCCCCCCCCCCCCCCOC(=O)/C=C\C(=O)OCCCS(=O)(=O)O.[H-].[Na+]. The van der Waals surface area contributed by atoms with Gasteiger partial charge in [-0.3, -0.25) is 4.55 Å². The maximum atomic E-state index is 11.6. The normalized spacial score (nSPS) is 11.4. The van der Waals surface area contributed by atoms with Crippen LogP contribution < -0.4 is 29.6 Å². The molecule has 0 aliphatic heterocycles. The van der Waals surface area contributed by atoms with Gasteiger partial charge in [-0.05, 0) is 12.8 Å². The number of unbranched alkanes of at least 4 members (excludes halogenated alkanes) is 17. The zero-order chi connectivity index (χ0) is 26.0. The molecule has 0 rings (SSSR count). The van der Waals surface area contributed by atoms with Crippen LogP contribution in [-0.2, 0) is 29.2 Å². The number of hydrogen-bond donors (Lipinski definition) is 1. The van der Waals surface area contributed by atoms with Crippen LogP contribution in [0, 0.1) is 0 Å². The topological polar surface area (TPSA) is 107 Å². The van der Waals surface area contributed by atoms with Crippen molar-refractivity contribution in [2.75, 3.05) is 19.0 Å². The van der Waals surface area contributed by atoms with Gasteiger partial charge in [-0.15, -0.1) is 0 Å². The van der Waals surface area contributed by atoms with Gasteiger partial charge in [0.1, 0.15) is 0 Å². The Balaban J connectivity index is -0.00000578. The van der Waals surface area contributed by atoms with E-state index in [1.165, 1.54) is 96.3 Å². The molecular formula is C27H51NaO7S. The summed E-state index contributed by atoms with van der Waals surface area (Å²) in [6, 6.07) is 0. The van der Waals surface area contributed by atoms with Crippen molar-refractivity contribution in [1.82, 2.24) is 0 Å². The minimum Gasteiger partial charge on any atom is -1.00 e. The van der Waals surface area contributed by atoms with E-state index < -0.39 is 27.8 Å². The fourth-order valence-corrected chi connectivity index (χ4v) is 4.31. The van der Waals surface area contributed by atoms with Crippen molar-refractivity contribution in [1.29, 1.82) is 0 Å². The summed E-state index contributed by atoms with van der Waals surface area (Å²) >= 11 is 0. The molecule has 0 bridgehead atoms. The summed E-state index contributed by atoms with van der Waals surface area (Å²) in [6.07, 6.45) is 25.4. The molecule has 0 saturated carbocycles. The van der Waals surface area contributed by atoms with Gasteiger partial charge in [-0.25, -0.2) is 9.59 Å². The molecular weight excluding hydrogens is 491 g/mol. The fourth-order valence-electron chi connectivity index (χ4n) is 3.82. The molecule has 0 atom stereocenters. The van der Waals surface area contributed by atoms with Gasteiger partial charge in [-0.2, -0.15) is 8.42 Å². The maximum absolute atomic E-state index is 11.6. The summed E-state index contributed by atoms with van der Waals surface area (Å²) in [6.45, 7) is 2.43. The van der Waals surface area contributed by atoms with E-state index in [4.69, 9.17) is 14.0 Å². The Morgan fingerprint density at radius 3 is 1.25 bits per heavy atom. The van der Waals surface area contributed by atoms with Gasteiger partial charge in [-0.1, -0.05) is 116 Å². The van der Waals surface area contributed by atoms with Crippen molar-refractivity contribution in [2.45, 2.75) is 129 Å². The first-order valence-electron chi connectivity index (χ1n) is 13.8. The van der Waals surface area contributed by atoms with Crippen LogP contribution in [0.15, 0.2) is 12.2 Å². The third kappa shape index (κ3) is 31.6. The Morgan fingerprint density at radius 1 is 0.611 bits per heavy atom. The van der Waals surface area contributed by atoms with Crippen molar-refractivity contribution in [3.8, 4) is 0 Å². The number of esters is 2. The number of rotatable bonds is 25. The molecule has 0 radical (unpaired) electrons. The van der Waals surface area contributed by atoms with E-state index in [0.29, 0.717) is 6.61 Å². The molecule has 7 nitrogen and oxygen atoms in total. The van der Waals surface area contributed by atoms with Crippen molar-refractivity contribution < 1.29 is 63.0 Å². The average Bonchev–Trinajstić information content (AvgIpc) is 2.81. The predicted octanol–water partition coefficient (Wildman–Crippen LogP) is 4.07. The van der Waals surface area contributed by atoms with Crippen LogP contribution in [0.3, 0.4) is 0 Å². The molecule has 0 fully saturated rings. The second kappa shape index (κ2) is 27.6. The Hall–Kier alpha value is -0.410. The average molecular weight is 543 g/mol. The van der Waals surface area contributed by atoms with Gasteiger partial charge in [0.15, 0.2) is 0 Å². The van der Waals surface area contributed by atoms with Gasteiger partial charge in [0.05, 0.1) is 19.0 Å². The summed E-state index contributed by atoms with van der Waals surface area (Å²) in [5.41, 5.74) is 0. The first kappa shape index (κ1) is 37.7. The molecule has 0 heterocycles. The molecule has 0 spiro atoms. The van der Waals surface area contributed by atoms with Gasteiger partial charge in [0, 0.05) is 12.2 Å². The smallest absolute Gasteiger partial charge is 1.00 e. The van der Waals surface area contributed by atoms with Gasteiger partial charge in [0.2, 0.25) is 0 Å². The van der Waals surface area contributed by atoms with Gasteiger partial charge >= 0.3 is 41.5 Å². The summed E-state index contributed by atoms with van der Waals surface area (Å²) < 4.78 is 39.4. The molecule has 0 aromatic heterocycles. The summed E-state index contributed by atoms with van der Waals surface area (Å²) in [5, 5.41) is 0. The largest absolute Gasteiger partial charge is 1.00 e. The number of hydrogen-bond acceptors (Lipinski definition) is 6. The molecule has 0 aromatic rings. The minimum absolute atomic E-state index is 0. The predicted molar refractivity (Wildman–Crippen MR) is 142 cm³/mol. The van der Waals surface area contributed by atoms with E-state index in [9.17, 15) is 18.0 Å². The van der Waals surface area contributed by atoms with Crippen molar-refractivity contribution in [3.63, 3.8) is 0 Å². The van der Waals surface area contributed by atoms with E-state index >= 15 is 0 Å². The minimum atomic E-state index is -4.06. The van der Waals surface area contributed by atoms with Crippen molar-refractivity contribution >= 4 is 22.1 Å². The zero-order valence-corrected chi connectivity index (χ0v) is 25.8. The molecule has 208 valence electrons. The molecule has 0 aliphatic rings. The van der Waals surface area contributed by atoms with E-state index in [1.54, 1.807) is 0 Å². The zero-order valence-electron chi connectivity index (χ0n) is 24.0. The maximum Gasteiger partial charge on any atom is 1.00 e. The molecule has 0 saturated heterocycles. The van der Waals surface area contributed by atoms with Gasteiger partial charge in [0.25, 0.3) is 10.1 Å². The molecule has 0 aromatic carbocycles. The van der Waals surface area contributed by atoms with Gasteiger partial charge < -0.3 is 10.9 Å². The quantitative estimate of drug-likeness (QED) is 0.0609. The monoisotopic (exact) mass is 542 g/mol. The van der Waals surface area contributed by atoms with Crippen molar-refractivity contribution in [3.05, 3.63) is 12.2 Å². The Labute approximate surface area is 244 Å². The third-order valence-corrected chi connectivity index (χ3v) is 6.69. The van der Waals surface area contributed by atoms with Crippen molar-refractivity contribution in [2.24, 2.45) is 0 Å². The van der Waals surface area contributed by atoms with Crippen LogP contribution in [0.1, 0.15) is 130 Å². The Kier molecular flexibility index (Phi) is 29.0. The van der Waals surface area contributed by atoms with E-state index in [1.807, 2.05) is 0 Å². The van der Waals surface area contributed by atoms with Crippen LogP contribution in [0.25, 0.3) is 0 Å². The van der Waals surface area contributed by atoms with Crippen LogP contribution in [-0.4, -0.2) is 43.9 Å². The number of ether oxygens (including phenoxy) is 2. The summed E-state index contributed by atoms with van der Waals surface area (Å²) in [7, 11) is -4.06. The molecule has 0 amide bonds. The fraction of sp³-hybridized carbons (Fsp3) is 0.852. The molecule has 0 unspecified atom stereocenters. The summed E-state index contributed by atoms with van der Waals surface area (Å²) in [5.74, 6) is -1.84. The van der Waals surface area contributed by atoms with Crippen LogP contribution in [0.2, 0.25) is 0 Å². The van der Waals surface area contributed by atoms with E-state index in [0.717, 1.165) is 31.4 Å². The van der Waals surface area contributed by atoms with Crippen LogP contribution in [0.4, 0.5) is 0 Å². The molecule has 0 aliphatic carbocycles. The van der Waals surface area contributed by atoms with E-state index in [2.05, 4.69) is 6.92 Å². The molecule has 1 N–H and O–H groups in total. The molecule has 9 heteroatoms. The second-order valence-corrected chi connectivity index (χ2v) is 10.9. The first-order valence-corrected chi connectivity index (χ1v) is 15.4. The number of carbonyl (C=O) groups excluding carboxylic acids is 2. The second-order valence-electron chi connectivity index (χ2n) is 9.32. The van der Waals surface area contributed by atoms with E-state index in [-0.39, 0.29) is 44.0 Å². The van der Waals surface area contributed by atoms with Crippen LogP contribution >= 0.6 is 0 Å². The third-order valence-electron chi connectivity index (χ3n) is 5.89. The van der Waals surface area contributed by atoms with Crippen LogP contribution in [0.5, 0.6) is 0 Å². The first-order chi connectivity index (χ1) is 16.8. The Morgan fingerprint density at radius 2 is 0.917 bits per heavy atom. The molecule has 36 heavy (non-hydrogen) atoms. The number of carbonyl (C=O) groups is 2.